The molecule has 0 radical (unpaired) electrons. The van der Waals surface area contributed by atoms with E-state index < -0.39 is 0 Å². The van der Waals surface area contributed by atoms with E-state index in [0.29, 0.717) is 0 Å². The summed E-state index contributed by atoms with van der Waals surface area (Å²) >= 11 is 0. The second-order valence-electron chi connectivity index (χ2n) is 5.14. The fourth-order valence-corrected chi connectivity index (χ4v) is 2.91. The lowest BCUT2D eigenvalue weighted by Gasteiger charge is -2.13. The van der Waals surface area contributed by atoms with Crippen molar-refractivity contribution >= 4 is 11.3 Å². The molecule has 4 heteroatoms. The van der Waals surface area contributed by atoms with E-state index in [4.69, 9.17) is 5.73 Å². The smallest absolute Gasteiger partial charge is 0.115 e. The molecule has 0 amide bonds. The van der Waals surface area contributed by atoms with Gasteiger partial charge in [-0.25, -0.2) is 4.98 Å². The van der Waals surface area contributed by atoms with Gasteiger partial charge < -0.3 is 10.6 Å². The monoisotopic (exact) mass is 244 g/mol. The van der Waals surface area contributed by atoms with Gasteiger partial charge >= 0.3 is 0 Å². The van der Waals surface area contributed by atoms with Crippen LogP contribution in [0.25, 0.3) is 5.52 Å². The van der Waals surface area contributed by atoms with Gasteiger partial charge in [-0.3, -0.25) is 4.40 Å². The molecule has 96 valence electrons. The Morgan fingerprint density at radius 3 is 3.11 bits per heavy atom. The molecule has 0 saturated carbocycles. The van der Waals surface area contributed by atoms with Gasteiger partial charge in [-0.1, -0.05) is 13.0 Å². The second-order valence-corrected chi connectivity index (χ2v) is 5.14. The van der Waals surface area contributed by atoms with Gasteiger partial charge in [0.2, 0.25) is 0 Å². The summed E-state index contributed by atoms with van der Waals surface area (Å²) in [5.74, 6) is 2.60. The average molecular weight is 244 g/mol. The van der Waals surface area contributed by atoms with E-state index in [1.807, 2.05) is 18.3 Å². The largest absolute Gasteiger partial charge is 0.385 e. The van der Waals surface area contributed by atoms with E-state index in [1.165, 1.54) is 19.5 Å². The first-order chi connectivity index (χ1) is 8.78. The number of fused-ring (bicyclic) bond motifs is 1. The predicted molar refractivity (Wildman–Crippen MR) is 73.5 cm³/mol. The zero-order chi connectivity index (χ0) is 12.5. The average Bonchev–Trinajstić information content (AvgIpc) is 2.98. The minimum atomic E-state index is 0.718. The maximum atomic E-state index is 6.04. The molecule has 1 aliphatic heterocycles. The summed E-state index contributed by atoms with van der Waals surface area (Å²) in [5, 5.41) is 0. The summed E-state index contributed by atoms with van der Waals surface area (Å²) in [6, 6.07) is 5.97. The lowest BCUT2D eigenvalue weighted by Crippen LogP contribution is -2.20. The molecule has 0 spiro atoms. The molecule has 0 aromatic carbocycles. The molecule has 2 aromatic heterocycles. The standard InChI is InChI=1S/C14H20N4/c1-2-17-7-6-11(10-17)8-14-16-9-12-4-3-5-13(15)18(12)14/h3-5,9,11H,2,6-8,10,15H2,1H3. The van der Waals surface area contributed by atoms with Crippen molar-refractivity contribution in [1.82, 2.24) is 14.3 Å². The van der Waals surface area contributed by atoms with Gasteiger partial charge in [0.25, 0.3) is 0 Å². The van der Waals surface area contributed by atoms with E-state index in [1.54, 1.807) is 0 Å². The SMILES string of the molecule is CCN1CCC(Cc2ncc3cccc(N)n23)C1. The summed E-state index contributed by atoms with van der Waals surface area (Å²) in [5.41, 5.74) is 7.13. The van der Waals surface area contributed by atoms with Crippen LogP contribution in [0.3, 0.4) is 0 Å². The molecule has 1 unspecified atom stereocenters. The van der Waals surface area contributed by atoms with E-state index >= 15 is 0 Å². The molecule has 4 nitrogen and oxygen atoms in total. The van der Waals surface area contributed by atoms with Crippen LogP contribution in [-0.2, 0) is 6.42 Å². The summed E-state index contributed by atoms with van der Waals surface area (Å²) in [6.07, 6.45) is 4.21. The number of likely N-dealkylation sites (tertiary alicyclic amines) is 1. The highest BCUT2D eigenvalue weighted by atomic mass is 15.1. The Morgan fingerprint density at radius 2 is 2.33 bits per heavy atom. The van der Waals surface area contributed by atoms with E-state index in [9.17, 15) is 0 Å². The van der Waals surface area contributed by atoms with Crippen LogP contribution in [0.2, 0.25) is 0 Å². The first-order valence-electron chi connectivity index (χ1n) is 6.71. The minimum Gasteiger partial charge on any atom is -0.385 e. The Hall–Kier alpha value is -1.55. The fourth-order valence-electron chi connectivity index (χ4n) is 2.91. The summed E-state index contributed by atoms with van der Waals surface area (Å²) in [4.78, 5) is 7.04. The first-order valence-corrected chi connectivity index (χ1v) is 6.71. The Kier molecular flexibility index (Phi) is 2.96. The molecular weight excluding hydrogens is 224 g/mol. The van der Waals surface area contributed by atoms with Crippen molar-refractivity contribution in [3.8, 4) is 0 Å². The second kappa shape index (κ2) is 4.61. The van der Waals surface area contributed by atoms with Gasteiger partial charge in [0, 0.05) is 13.0 Å². The summed E-state index contributed by atoms with van der Waals surface area (Å²) in [7, 11) is 0. The Bertz CT molecular complexity index is 546. The quantitative estimate of drug-likeness (QED) is 0.895. The van der Waals surface area contributed by atoms with Crippen molar-refractivity contribution in [2.75, 3.05) is 25.4 Å². The zero-order valence-electron chi connectivity index (χ0n) is 10.8. The van der Waals surface area contributed by atoms with Crippen molar-refractivity contribution in [3.05, 3.63) is 30.2 Å². The van der Waals surface area contributed by atoms with Crippen molar-refractivity contribution < 1.29 is 0 Å². The highest BCUT2D eigenvalue weighted by Gasteiger charge is 2.22. The van der Waals surface area contributed by atoms with E-state index in [-0.39, 0.29) is 0 Å². The van der Waals surface area contributed by atoms with Crippen molar-refractivity contribution in [3.63, 3.8) is 0 Å². The maximum Gasteiger partial charge on any atom is 0.115 e. The molecular formula is C14H20N4. The molecule has 3 rings (SSSR count). The van der Waals surface area contributed by atoms with Crippen LogP contribution < -0.4 is 5.73 Å². The number of nitrogens with zero attached hydrogens (tertiary/aromatic N) is 3. The van der Waals surface area contributed by atoms with Crippen molar-refractivity contribution in [1.29, 1.82) is 0 Å². The summed E-state index contributed by atoms with van der Waals surface area (Å²) < 4.78 is 2.08. The van der Waals surface area contributed by atoms with Gasteiger partial charge in [-0.2, -0.15) is 0 Å². The number of anilines is 1. The Morgan fingerprint density at radius 1 is 1.44 bits per heavy atom. The van der Waals surface area contributed by atoms with Gasteiger partial charge in [0.15, 0.2) is 0 Å². The molecule has 0 bridgehead atoms. The van der Waals surface area contributed by atoms with E-state index in [0.717, 1.165) is 36.0 Å². The number of nitrogen functional groups attached to an aromatic ring is 1. The predicted octanol–water partition coefficient (Wildman–Crippen LogP) is 1.80. The molecule has 1 fully saturated rings. The summed E-state index contributed by atoms with van der Waals surface area (Å²) in [6.45, 7) is 5.80. The number of aromatic nitrogens is 2. The maximum absolute atomic E-state index is 6.04. The number of nitrogens with two attached hydrogens (primary N) is 1. The van der Waals surface area contributed by atoms with Crippen LogP contribution >= 0.6 is 0 Å². The number of pyridine rings is 1. The number of rotatable bonds is 3. The lowest BCUT2D eigenvalue weighted by atomic mass is 10.0. The topological polar surface area (TPSA) is 46.6 Å². The number of hydrogen-bond donors (Lipinski definition) is 1. The van der Waals surface area contributed by atoms with Crippen molar-refractivity contribution in [2.24, 2.45) is 5.92 Å². The van der Waals surface area contributed by atoms with Gasteiger partial charge in [-0.05, 0) is 37.6 Å². The Balaban J connectivity index is 1.83. The third-order valence-corrected chi connectivity index (χ3v) is 3.94. The molecule has 1 atom stereocenters. The third kappa shape index (κ3) is 1.97. The number of hydrogen-bond acceptors (Lipinski definition) is 3. The highest BCUT2D eigenvalue weighted by molar-refractivity contribution is 5.53. The zero-order valence-corrected chi connectivity index (χ0v) is 10.8. The molecule has 18 heavy (non-hydrogen) atoms. The normalized spacial score (nSPS) is 20.8. The highest BCUT2D eigenvalue weighted by Crippen LogP contribution is 2.22. The van der Waals surface area contributed by atoms with Crippen LogP contribution in [0.5, 0.6) is 0 Å². The molecule has 2 N–H and O–H groups in total. The molecule has 3 heterocycles. The fraction of sp³-hybridized carbons (Fsp3) is 0.500. The Labute approximate surface area is 107 Å². The van der Waals surface area contributed by atoms with Crippen LogP contribution in [0.4, 0.5) is 5.82 Å². The van der Waals surface area contributed by atoms with Crippen LogP contribution in [-0.4, -0.2) is 33.9 Å². The van der Waals surface area contributed by atoms with Gasteiger partial charge in [0.05, 0.1) is 11.7 Å². The minimum absolute atomic E-state index is 0.718. The van der Waals surface area contributed by atoms with Gasteiger partial charge in [0.1, 0.15) is 11.6 Å². The third-order valence-electron chi connectivity index (χ3n) is 3.94. The lowest BCUT2D eigenvalue weighted by molar-refractivity contribution is 0.341. The van der Waals surface area contributed by atoms with E-state index in [2.05, 4.69) is 27.3 Å². The van der Waals surface area contributed by atoms with Crippen LogP contribution in [0, 0.1) is 5.92 Å². The van der Waals surface area contributed by atoms with Crippen LogP contribution in [0.1, 0.15) is 19.2 Å². The number of imidazole rings is 1. The van der Waals surface area contributed by atoms with Crippen molar-refractivity contribution in [2.45, 2.75) is 19.8 Å². The molecule has 0 aliphatic carbocycles. The molecule has 2 aromatic rings. The first kappa shape index (κ1) is 11.5. The van der Waals surface area contributed by atoms with Gasteiger partial charge in [-0.15, -0.1) is 0 Å². The molecule has 1 aliphatic rings. The molecule has 1 saturated heterocycles. The van der Waals surface area contributed by atoms with Crippen LogP contribution in [0.15, 0.2) is 24.4 Å².